The van der Waals surface area contributed by atoms with Gasteiger partial charge in [-0.15, -0.1) is 0 Å². The molecule has 0 radical (unpaired) electrons. The Kier molecular flexibility index (Phi) is 4.39. The lowest BCUT2D eigenvalue weighted by molar-refractivity contribution is -0.0166. The summed E-state index contributed by atoms with van der Waals surface area (Å²) in [5.41, 5.74) is 2.79. The molecule has 27 heavy (non-hydrogen) atoms. The molecule has 1 aliphatic rings. The summed E-state index contributed by atoms with van der Waals surface area (Å²) < 4.78 is 5.52. The minimum absolute atomic E-state index is 0.0295. The van der Waals surface area contributed by atoms with Crippen LogP contribution in [0, 0.1) is 5.41 Å². The van der Waals surface area contributed by atoms with E-state index < -0.39 is 0 Å². The summed E-state index contributed by atoms with van der Waals surface area (Å²) in [5, 5.41) is 2.98. The number of hydrogen-bond acceptors (Lipinski definition) is 4. The lowest BCUT2D eigenvalue weighted by Crippen LogP contribution is -2.60. The quantitative estimate of drug-likeness (QED) is 0.761. The second-order valence-corrected chi connectivity index (χ2v) is 7.45. The highest BCUT2D eigenvalue weighted by molar-refractivity contribution is 5.76. The van der Waals surface area contributed by atoms with Gasteiger partial charge in [-0.1, -0.05) is 44.2 Å². The standard InChI is InChI=1S/C21H22N4O2/c1-21(2)13-25(19(21)16-8-10-22-11-9-16)20(26)23-12-17-18(27-14-24-17)15-6-4-3-5-7-15/h3-11,14,19H,12-13H2,1-2H3,(H,23,26)/t19-/m1/s1. The number of likely N-dealkylation sites (tertiary alicyclic amines) is 1. The summed E-state index contributed by atoms with van der Waals surface area (Å²) in [7, 11) is 0. The van der Waals surface area contributed by atoms with E-state index in [0.717, 1.165) is 16.8 Å². The summed E-state index contributed by atoms with van der Waals surface area (Å²) in [6.07, 6.45) is 4.94. The number of carbonyl (C=O) groups is 1. The first-order valence-electron chi connectivity index (χ1n) is 8.98. The van der Waals surface area contributed by atoms with Crippen molar-refractivity contribution >= 4 is 6.03 Å². The van der Waals surface area contributed by atoms with Crippen LogP contribution < -0.4 is 5.32 Å². The van der Waals surface area contributed by atoms with E-state index in [1.54, 1.807) is 12.4 Å². The summed E-state index contributed by atoms with van der Waals surface area (Å²) in [6, 6.07) is 13.6. The number of oxazole rings is 1. The molecule has 4 rings (SSSR count). The van der Waals surface area contributed by atoms with Crippen LogP contribution >= 0.6 is 0 Å². The molecule has 1 aliphatic heterocycles. The first-order valence-corrected chi connectivity index (χ1v) is 8.98. The molecular weight excluding hydrogens is 340 g/mol. The molecule has 0 saturated carbocycles. The highest BCUT2D eigenvalue weighted by Crippen LogP contribution is 2.48. The molecule has 3 heterocycles. The van der Waals surface area contributed by atoms with Gasteiger partial charge in [0.15, 0.2) is 12.2 Å². The van der Waals surface area contributed by atoms with Crippen molar-refractivity contribution in [2.45, 2.75) is 26.4 Å². The predicted molar refractivity (Wildman–Crippen MR) is 102 cm³/mol. The Labute approximate surface area is 158 Å². The largest absolute Gasteiger partial charge is 0.443 e. The van der Waals surface area contributed by atoms with Crippen molar-refractivity contribution in [3.05, 3.63) is 72.5 Å². The molecule has 138 valence electrons. The number of nitrogens with zero attached hydrogens (tertiary/aromatic N) is 3. The third kappa shape index (κ3) is 3.30. The van der Waals surface area contributed by atoms with Crippen LogP contribution in [0.5, 0.6) is 0 Å². The van der Waals surface area contributed by atoms with Crippen molar-refractivity contribution < 1.29 is 9.21 Å². The first kappa shape index (κ1) is 17.3. The number of benzene rings is 1. The molecule has 1 fully saturated rings. The molecule has 0 unspecified atom stereocenters. The van der Waals surface area contributed by atoms with E-state index in [1.807, 2.05) is 47.4 Å². The average Bonchev–Trinajstić information content (AvgIpc) is 3.14. The molecule has 2 aromatic heterocycles. The van der Waals surface area contributed by atoms with Gasteiger partial charge >= 0.3 is 6.03 Å². The van der Waals surface area contributed by atoms with Gasteiger partial charge in [-0.05, 0) is 17.7 Å². The predicted octanol–water partition coefficient (Wildman–Crippen LogP) is 4.03. The van der Waals surface area contributed by atoms with Crippen molar-refractivity contribution in [3.63, 3.8) is 0 Å². The number of pyridine rings is 1. The number of hydrogen-bond donors (Lipinski definition) is 1. The zero-order valence-corrected chi connectivity index (χ0v) is 15.4. The maximum absolute atomic E-state index is 12.8. The molecule has 0 bridgehead atoms. The zero-order valence-electron chi connectivity index (χ0n) is 15.4. The van der Waals surface area contributed by atoms with Crippen LogP contribution in [0.15, 0.2) is 65.7 Å². The second kappa shape index (κ2) is 6.87. The SMILES string of the molecule is CC1(C)CN(C(=O)NCc2ncoc2-c2ccccc2)[C@@H]1c1ccncc1. The molecule has 6 heteroatoms. The minimum atomic E-state index is -0.0989. The Morgan fingerprint density at radius 3 is 2.67 bits per heavy atom. The average molecular weight is 362 g/mol. The maximum atomic E-state index is 12.8. The molecule has 3 aromatic rings. The number of rotatable bonds is 4. The van der Waals surface area contributed by atoms with Crippen molar-refractivity contribution in [2.75, 3.05) is 6.54 Å². The van der Waals surface area contributed by atoms with Crippen LogP contribution in [0.25, 0.3) is 11.3 Å². The number of amides is 2. The second-order valence-electron chi connectivity index (χ2n) is 7.45. The third-order valence-corrected chi connectivity index (χ3v) is 5.00. The van der Waals surface area contributed by atoms with E-state index in [-0.39, 0.29) is 17.5 Å². The molecule has 2 amide bonds. The molecule has 1 atom stereocenters. The van der Waals surface area contributed by atoms with Crippen molar-refractivity contribution in [1.82, 2.24) is 20.2 Å². The molecule has 0 spiro atoms. The smallest absolute Gasteiger partial charge is 0.318 e. The summed E-state index contributed by atoms with van der Waals surface area (Å²) >= 11 is 0. The van der Waals surface area contributed by atoms with Crippen LogP contribution in [0.4, 0.5) is 4.79 Å². The van der Waals surface area contributed by atoms with E-state index in [0.29, 0.717) is 18.8 Å². The highest BCUT2D eigenvalue weighted by Gasteiger charge is 2.48. The Bertz CT molecular complexity index is 922. The minimum Gasteiger partial charge on any atom is -0.443 e. The van der Waals surface area contributed by atoms with Gasteiger partial charge in [0.1, 0.15) is 5.69 Å². The van der Waals surface area contributed by atoms with E-state index >= 15 is 0 Å². The monoisotopic (exact) mass is 362 g/mol. The van der Waals surface area contributed by atoms with E-state index in [1.165, 1.54) is 6.39 Å². The Morgan fingerprint density at radius 1 is 1.22 bits per heavy atom. The van der Waals surface area contributed by atoms with Crippen LogP contribution in [0.2, 0.25) is 0 Å². The van der Waals surface area contributed by atoms with Gasteiger partial charge in [0.25, 0.3) is 0 Å². The molecule has 0 aliphatic carbocycles. The van der Waals surface area contributed by atoms with Crippen LogP contribution in [0.3, 0.4) is 0 Å². The Balaban J connectivity index is 1.46. The summed E-state index contributed by atoms with van der Waals surface area (Å²) in [5.74, 6) is 0.686. The van der Waals surface area contributed by atoms with Crippen LogP contribution in [-0.2, 0) is 6.54 Å². The normalized spacial score (nSPS) is 18.0. The van der Waals surface area contributed by atoms with Crippen molar-refractivity contribution in [2.24, 2.45) is 5.41 Å². The maximum Gasteiger partial charge on any atom is 0.318 e. The molecule has 1 aromatic carbocycles. The number of nitrogens with one attached hydrogen (secondary N) is 1. The summed E-state index contributed by atoms with van der Waals surface area (Å²) in [6.45, 7) is 5.37. The number of carbonyl (C=O) groups excluding carboxylic acids is 1. The van der Waals surface area contributed by atoms with Gasteiger partial charge in [0.2, 0.25) is 0 Å². The fraction of sp³-hybridized carbons (Fsp3) is 0.286. The van der Waals surface area contributed by atoms with E-state index in [4.69, 9.17) is 4.42 Å². The van der Waals surface area contributed by atoms with Crippen LogP contribution in [-0.4, -0.2) is 27.4 Å². The number of aromatic nitrogens is 2. The van der Waals surface area contributed by atoms with Crippen molar-refractivity contribution in [1.29, 1.82) is 0 Å². The molecule has 6 nitrogen and oxygen atoms in total. The number of urea groups is 1. The lowest BCUT2D eigenvalue weighted by Gasteiger charge is -2.54. The van der Waals surface area contributed by atoms with Crippen LogP contribution in [0.1, 0.15) is 31.1 Å². The van der Waals surface area contributed by atoms with Crippen molar-refractivity contribution in [3.8, 4) is 11.3 Å². The van der Waals surface area contributed by atoms with Gasteiger partial charge in [-0.25, -0.2) is 9.78 Å². The lowest BCUT2D eigenvalue weighted by atomic mass is 9.72. The van der Waals surface area contributed by atoms with Gasteiger partial charge in [0, 0.05) is 29.9 Å². The zero-order chi connectivity index (χ0) is 18.9. The fourth-order valence-electron chi connectivity index (χ4n) is 3.77. The Morgan fingerprint density at radius 2 is 1.96 bits per heavy atom. The fourth-order valence-corrected chi connectivity index (χ4v) is 3.77. The topological polar surface area (TPSA) is 71.3 Å². The van der Waals surface area contributed by atoms with Gasteiger partial charge in [-0.2, -0.15) is 0 Å². The third-order valence-electron chi connectivity index (χ3n) is 5.00. The molecule has 1 saturated heterocycles. The summed E-state index contributed by atoms with van der Waals surface area (Å²) in [4.78, 5) is 23.0. The molecule has 1 N–H and O–H groups in total. The van der Waals surface area contributed by atoms with E-state index in [2.05, 4.69) is 29.1 Å². The highest BCUT2D eigenvalue weighted by atomic mass is 16.3. The van der Waals surface area contributed by atoms with Gasteiger partial charge in [-0.3, -0.25) is 4.98 Å². The van der Waals surface area contributed by atoms with Gasteiger partial charge in [0.05, 0.1) is 12.6 Å². The van der Waals surface area contributed by atoms with Gasteiger partial charge < -0.3 is 14.6 Å². The first-order chi connectivity index (χ1) is 13.1. The Hall–Kier alpha value is -3.15. The van der Waals surface area contributed by atoms with E-state index in [9.17, 15) is 4.79 Å². The molecular formula is C21H22N4O2.